The predicted molar refractivity (Wildman–Crippen MR) is 79.9 cm³/mol. The summed E-state index contributed by atoms with van der Waals surface area (Å²) in [6, 6.07) is 12.8. The lowest BCUT2D eigenvalue weighted by Gasteiger charge is -2.10. The third-order valence-electron chi connectivity index (χ3n) is 3.68. The highest BCUT2D eigenvalue weighted by molar-refractivity contribution is 5.83. The second kappa shape index (κ2) is 5.58. The number of rotatable bonds is 4. The van der Waals surface area contributed by atoms with Crippen LogP contribution in [0.4, 0.5) is 4.39 Å². The molecule has 3 aromatic rings. The zero-order valence-corrected chi connectivity index (χ0v) is 11.7. The van der Waals surface area contributed by atoms with Crippen molar-refractivity contribution in [2.75, 3.05) is 7.11 Å². The Kier molecular flexibility index (Phi) is 3.62. The number of aromatic nitrogens is 1. The Morgan fingerprint density at radius 2 is 1.86 bits per heavy atom. The highest BCUT2D eigenvalue weighted by Crippen LogP contribution is 2.24. The molecule has 2 aromatic carbocycles. The Labute approximate surface area is 122 Å². The minimum Gasteiger partial charge on any atom is -0.494 e. The zero-order valence-electron chi connectivity index (χ0n) is 11.7. The molecule has 21 heavy (non-hydrogen) atoms. The first-order chi connectivity index (χ1) is 10.2. The van der Waals surface area contributed by atoms with Crippen molar-refractivity contribution in [1.82, 2.24) is 4.57 Å². The molecule has 0 aliphatic heterocycles. The number of hydrogen-bond acceptors (Lipinski definition) is 2. The second-order valence-electron chi connectivity index (χ2n) is 4.89. The fourth-order valence-corrected chi connectivity index (χ4v) is 2.58. The van der Waals surface area contributed by atoms with E-state index >= 15 is 0 Å². The average Bonchev–Trinajstić information content (AvgIpc) is 2.92. The molecule has 0 fully saturated rings. The van der Waals surface area contributed by atoms with E-state index in [0.717, 1.165) is 16.5 Å². The molecular formula is C17H16FNO2. The van der Waals surface area contributed by atoms with Gasteiger partial charge in [-0.3, -0.25) is 0 Å². The molecule has 0 unspecified atom stereocenters. The number of fused-ring (bicyclic) bond motifs is 1. The van der Waals surface area contributed by atoms with Crippen LogP contribution in [0.5, 0.6) is 5.75 Å². The summed E-state index contributed by atoms with van der Waals surface area (Å²) < 4.78 is 21.2. The van der Waals surface area contributed by atoms with Crippen LogP contribution >= 0.6 is 0 Å². The third kappa shape index (κ3) is 2.38. The Hall–Kier alpha value is -2.33. The van der Waals surface area contributed by atoms with Crippen LogP contribution in [0.1, 0.15) is 11.1 Å². The molecule has 0 amide bonds. The van der Waals surface area contributed by atoms with E-state index in [1.165, 1.54) is 7.11 Å². The van der Waals surface area contributed by atoms with Gasteiger partial charge in [-0.1, -0.05) is 24.3 Å². The maximum atomic E-state index is 14.2. The molecule has 0 spiro atoms. The van der Waals surface area contributed by atoms with E-state index in [-0.39, 0.29) is 18.2 Å². The van der Waals surface area contributed by atoms with Crippen molar-refractivity contribution in [3.05, 3.63) is 65.6 Å². The summed E-state index contributed by atoms with van der Waals surface area (Å²) in [7, 11) is 1.46. The molecule has 0 atom stereocenters. The smallest absolute Gasteiger partial charge is 0.170 e. The van der Waals surface area contributed by atoms with E-state index in [1.807, 2.05) is 35.0 Å². The predicted octanol–water partition coefficient (Wildman–Crippen LogP) is 3.33. The quantitative estimate of drug-likeness (QED) is 0.798. The Balaban J connectivity index is 2.03. The molecule has 0 saturated carbocycles. The number of ether oxygens (including phenoxy) is 1. The van der Waals surface area contributed by atoms with Gasteiger partial charge in [-0.2, -0.15) is 0 Å². The number of aliphatic hydroxyl groups is 1. The number of benzene rings is 2. The summed E-state index contributed by atoms with van der Waals surface area (Å²) in [6.07, 6.45) is 1.91. The van der Waals surface area contributed by atoms with Crippen molar-refractivity contribution >= 4 is 10.9 Å². The number of halogens is 1. The highest BCUT2D eigenvalue weighted by atomic mass is 19.1. The lowest BCUT2D eigenvalue weighted by atomic mass is 10.1. The van der Waals surface area contributed by atoms with Gasteiger partial charge in [-0.15, -0.1) is 0 Å². The lowest BCUT2D eigenvalue weighted by Crippen LogP contribution is -2.02. The van der Waals surface area contributed by atoms with Gasteiger partial charge in [-0.25, -0.2) is 4.39 Å². The summed E-state index contributed by atoms with van der Waals surface area (Å²) in [5.74, 6) is -0.0832. The van der Waals surface area contributed by atoms with E-state index in [2.05, 4.69) is 0 Å². The van der Waals surface area contributed by atoms with Crippen molar-refractivity contribution in [3.8, 4) is 5.75 Å². The first kappa shape index (κ1) is 13.6. The van der Waals surface area contributed by atoms with Gasteiger partial charge < -0.3 is 14.4 Å². The maximum absolute atomic E-state index is 14.2. The van der Waals surface area contributed by atoms with Crippen molar-refractivity contribution in [2.24, 2.45) is 0 Å². The zero-order chi connectivity index (χ0) is 14.8. The summed E-state index contributed by atoms with van der Waals surface area (Å²) in [5.41, 5.74) is 2.42. The van der Waals surface area contributed by atoms with Gasteiger partial charge in [0.25, 0.3) is 0 Å². The van der Waals surface area contributed by atoms with Crippen molar-refractivity contribution < 1.29 is 14.2 Å². The molecule has 1 N–H and O–H groups in total. The summed E-state index contributed by atoms with van der Waals surface area (Å²) in [4.78, 5) is 0. The molecule has 3 rings (SSSR count). The van der Waals surface area contributed by atoms with Crippen molar-refractivity contribution in [3.63, 3.8) is 0 Å². The highest BCUT2D eigenvalue weighted by Gasteiger charge is 2.11. The molecule has 4 heteroatoms. The van der Waals surface area contributed by atoms with Crippen molar-refractivity contribution in [1.29, 1.82) is 0 Å². The molecule has 0 radical (unpaired) electrons. The summed E-state index contributed by atoms with van der Waals surface area (Å²) in [5, 5.41) is 10.4. The van der Waals surface area contributed by atoms with E-state index in [4.69, 9.17) is 4.74 Å². The van der Waals surface area contributed by atoms with E-state index in [0.29, 0.717) is 12.1 Å². The monoisotopic (exact) mass is 285 g/mol. The molecule has 108 valence electrons. The number of aliphatic hydroxyl groups excluding tert-OH is 1. The molecule has 0 aliphatic carbocycles. The molecule has 0 saturated heterocycles. The standard InChI is InChI=1S/C17H16FNO2/c1-21-16-7-3-4-12(17(16)18)10-19-9-8-14-13(11-20)5-2-6-15(14)19/h2-9,20H,10-11H2,1H3. The van der Waals surface area contributed by atoms with E-state index in [9.17, 15) is 9.50 Å². The van der Waals surface area contributed by atoms with Crippen LogP contribution in [0, 0.1) is 5.82 Å². The van der Waals surface area contributed by atoms with Crippen LogP contribution in [0.15, 0.2) is 48.7 Å². The first-order valence-electron chi connectivity index (χ1n) is 6.73. The SMILES string of the molecule is COc1cccc(Cn2ccc3c(CO)cccc32)c1F. The Bertz CT molecular complexity index is 780. The minimum absolute atomic E-state index is 0.00509. The summed E-state index contributed by atoms with van der Waals surface area (Å²) >= 11 is 0. The van der Waals surface area contributed by atoms with Crippen LogP contribution in [0.2, 0.25) is 0 Å². The topological polar surface area (TPSA) is 34.4 Å². The molecule has 3 nitrogen and oxygen atoms in total. The minimum atomic E-state index is -0.333. The third-order valence-corrected chi connectivity index (χ3v) is 3.68. The Morgan fingerprint density at radius 1 is 1.10 bits per heavy atom. The largest absolute Gasteiger partial charge is 0.494 e. The second-order valence-corrected chi connectivity index (χ2v) is 4.89. The van der Waals surface area contributed by atoms with Gasteiger partial charge in [0, 0.05) is 22.7 Å². The molecule has 1 heterocycles. The molecule has 0 aliphatic rings. The first-order valence-corrected chi connectivity index (χ1v) is 6.73. The number of methoxy groups -OCH3 is 1. The van der Waals surface area contributed by atoms with E-state index in [1.54, 1.807) is 18.2 Å². The van der Waals surface area contributed by atoms with Gasteiger partial charge in [-0.05, 0) is 23.8 Å². The molecule has 0 bridgehead atoms. The van der Waals surface area contributed by atoms with Gasteiger partial charge in [0.2, 0.25) is 0 Å². The number of nitrogens with zero attached hydrogens (tertiary/aromatic N) is 1. The van der Waals surface area contributed by atoms with Crippen LogP contribution in [0.3, 0.4) is 0 Å². The van der Waals surface area contributed by atoms with E-state index < -0.39 is 0 Å². The molecule has 1 aromatic heterocycles. The molecular weight excluding hydrogens is 269 g/mol. The van der Waals surface area contributed by atoms with Crippen LogP contribution < -0.4 is 4.74 Å². The summed E-state index contributed by atoms with van der Waals surface area (Å²) in [6.45, 7) is 0.413. The fraction of sp³-hybridized carbons (Fsp3) is 0.176. The Morgan fingerprint density at radius 3 is 2.62 bits per heavy atom. The maximum Gasteiger partial charge on any atom is 0.170 e. The van der Waals surface area contributed by atoms with Crippen LogP contribution in [-0.4, -0.2) is 16.8 Å². The fourth-order valence-electron chi connectivity index (χ4n) is 2.58. The lowest BCUT2D eigenvalue weighted by molar-refractivity contribution is 0.283. The van der Waals surface area contributed by atoms with Crippen molar-refractivity contribution in [2.45, 2.75) is 13.2 Å². The number of hydrogen-bond donors (Lipinski definition) is 1. The van der Waals surface area contributed by atoms with Gasteiger partial charge in [0.1, 0.15) is 0 Å². The van der Waals surface area contributed by atoms with Gasteiger partial charge in [0.15, 0.2) is 11.6 Å². The normalized spacial score (nSPS) is 11.0. The van der Waals surface area contributed by atoms with Gasteiger partial charge >= 0.3 is 0 Å². The van der Waals surface area contributed by atoms with Crippen LogP contribution in [-0.2, 0) is 13.2 Å². The van der Waals surface area contributed by atoms with Crippen LogP contribution in [0.25, 0.3) is 10.9 Å². The van der Waals surface area contributed by atoms with Gasteiger partial charge in [0.05, 0.1) is 20.3 Å². The average molecular weight is 285 g/mol.